The van der Waals surface area contributed by atoms with Gasteiger partial charge in [-0.15, -0.1) is 0 Å². The summed E-state index contributed by atoms with van der Waals surface area (Å²) in [5, 5.41) is 3.60. The van der Waals surface area contributed by atoms with E-state index in [-0.39, 0.29) is 6.04 Å². The van der Waals surface area contributed by atoms with Crippen LogP contribution in [0, 0.1) is 0 Å². The van der Waals surface area contributed by atoms with Crippen molar-refractivity contribution in [2.75, 3.05) is 54.2 Å². The summed E-state index contributed by atoms with van der Waals surface area (Å²) in [7, 11) is 5.02. The first-order chi connectivity index (χ1) is 13.7. The number of hydrogen-bond donors (Lipinski definition) is 1. The van der Waals surface area contributed by atoms with E-state index in [0.29, 0.717) is 0 Å². The minimum atomic E-state index is 0.231. The van der Waals surface area contributed by atoms with Gasteiger partial charge in [0.25, 0.3) is 0 Å². The first-order valence-corrected chi connectivity index (χ1v) is 9.62. The van der Waals surface area contributed by atoms with E-state index in [2.05, 4.69) is 34.5 Å². The number of methoxy groups -OCH3 is 3. The van der Waals surface area contributed by atoms with Crippen LogP contribution in [-0.4, -0.2) is 59.1 Å². The van der Waals surface area contributed by atoms with Gasteiger partial charge in [-0.2, -0.15) is 0 Å². The van der Waals surface area contributed by atoms with Crippen LogP contribution < -0.4 is 19.5 Å². The zero-order valence-corrected chi connectivity index (χ0v) is 16.9. The SMILES string of the molecule is COc1cccc(CNC[C@@H](c2ccc(OC)c(OC)c2)N2CCOCC2)c1. The lowest BCUT2D eigenvalue weighted by Crippen LogP contribution is -2.42. The van der Waals surface area contributed by atoms with Crippen LogP contribution in [0.1, 0.15) is 17.2 Å². The van der Waals surface area contributed by atoms with E-state index < -0.39 is 0 Å². The van der Waals surface area contributed by atoms with Crippen molar-refractivity contribution < 1.29 is 18.9 Å². The Morgan fingerprint density at radius 3 is 2.46 bits per heavy atom. The third-order valence-corrected chi connectivity index (χ3v) is 5.08. The van der Waals surface area contributed by atoms with Gasteiger partial charge < -0.3 is 24.3 Å². The second-order valence-corrected chi connectivity index (χ2v) is 6.76. The van der Waals surface area contributed by atoms with Crippen LogP contribution >= 0.6 is 0 Å². The maximum Gasteiger partial charge on any atom is 0.161 e. The van der Waals surface area contributed by atoms with E-state index in [1.54, 1.807) is 21.3 Å². The molecule has 0 amide bonds. The number of nitrogens with one attached hydrogen (secondary N) is 1. The van der Waals surface area contributed by atoms with Crippen LogP contribution in [0.5, 0.6) is 17.2 Å². The molecule has 6 heteroatoms. The number of nitrogens with zero attached hydrogens (tertiary/aromatic N) is 1. The molecule has 1 heterocycles. The van der Waals surface area contributed by atoms with Gasteiger partial charge in [-0.3, -0.25) is 4.90 Å². The summed E-state index contributed by atoms with van der Waals surface area (Å²) in [6, 6.07) is 14.6. The highest BCUT2D eigenvalue weighted by molar-refractivity contribution is 5.44. The Morgan fingerprint density at radius 2 is 1.75 bits per heavy atom. The van der Waals surface area contributed by atoms with Crippen LogP contribution in [-0.2, 0) is 11.3 Å². The van der Waals surface area contributed by atoms with Gasteiger partial charge in [0, 0.05) is 32.2 Å². The molecule has 28 heavy (non-hydrogen) atoms. The molecule has 0 aromatic heterocycles. The van der Waals surface area contributed by atoms with Crippen molar-refractivity contribution in [3.05, 3.63) is 53.6 Å². The smallest absolute Gasteiger partial charge is 0.161 e. The first-order valence-electron chi connectivity index (χ1n) is 9.62. The third-order valence-electron chi connectivity index (χ3n) is 5.08. The Labute approximate surface area is 167 Å². The molecular weight excluding hydrogens is 356 g/mol. The zero-order valence-electron chi connectivity index (χ0n) is 16.9. The quantitative estimate of drug-likeness (QED) is 0.715. The van der Waals surface area contributed by atoms with E-state index >= 15 is 0 Å². The molecule has 152 valence electrons. The number of hydrogen-bond acceptors (Lipinski definition) is 6. The Hall–Kier alpha value is -2.28. The fourth-order valence-electron chi connectivity index (χ4n) is 3.54. The maximum atomic E-state index is 5.55. The van der Waals surface area contributed by atoms with Crippen molar-refractivity contribution in [2.24, 2.45) is 0 Å². The second-order valence-electron chi connectivity index (χ2n) is 6.76. The van der Waals surface area contributed by atoms with Gasteiger partial charge in [0.2, 0.25) is 0 Å². The van der Waals surface area contributed by atoms with Crippen LogP contribution in [0.4, 0.5) is 0 Å². The lowest BCUT2D eigenvalue weighted by molar-refractivity contribution is 0.0160. The van der Waals surface area contributed by atoms with Gasteiger partial charge in [0.15, 0.2) is 11.5 Å². The van der Waals surface area contributed by atoms with Gasteiger partial charge in [-0.25, -0.2) is 0 Å². The normalized spacial score (nSPS) is 15.8. The highest BCUT2D eigenvalue weighted by atomic mass is 16.5. The zero-order chi connectivity index (χ0) is 19.8. The summed E-state index contributed by atoms with van der Waals surface area (Å²) in [5.41, 5.74) is 2.41. The molecule has 1 N–H and O–H groups in total. The van der Waals surface area contributed by atoms with Gasteiger partial charge in [0.1, 0.15) is 5.75 Å². The fourth-order valence-corrected chi connectivity index (χ4v) is 3.54. The highest BCUT2D eigenvalue weighted by Gasteiger charge is 2.23. The molecule has 1 atom stereocenters. The van der Waals surface area contributed by atoms with Gasteiger partial charge in [-0.1, -0.05) is 18.2 Å². The Morgan fingerprint density at radius 1 is 0.964 bits per heavy atom. The summed E-state index contributed by atoms with van der Waals surface area (Å²) in [6.45, 7) is 4.97. The maximum absolute atomic E-state index is 5.55. The summed E-state index contributed by atoms with van der Waals surface area (Å²) in [4.78, 5) is 2.46. The standard InChI is InChI=1S/C22H30N2O4/c1-25-19-6-4-5-17(13-19)15-23-16-20(24-9-11-28-12-10-24)18-7-8-21(26-2)22(14-18)27-3/h4-8,13-14,20,23H,9-12,15-16H2,1-3H3/t20-/m0/s1. The molecule has 1 aliphatic heterocycles. The summed E-state index contributed by atoms with van der Waals surface area (Å²) in [6.07, 6.45) is 0. The van der Waals surface area contributed by atoms with Crippen LogP contribution in [0.15, 0.2) is 42.5 Å². The summed E-state index contributed by atoms with van der Waals surface area (Å²) >= 11 is 0. The molecule has 0 unspecified atom stereocenters. The first kappa shape index (κ1) is 20.5. The Kier molecular flexibility index (Phi) is 7.54. The molecule has 1 saturated heterocycles. The molecule has 2 aromatic rings. The predicted molar refractivity (Wildman–Crippen MR) is 109 cm³/mol. The molecule has 0 bridgehead atoms. The highest BCUT2D eigenvalue weighted by Crippen LogP contribution is 2.32. The van der Waals surface area contributed by atoms with Gasteiger partial charge in [-0.05, 0) is 35.4 Å². The van der Waals surface area contributed by atoms with E-state index in [1.807, 2.05) is 18.2 Å². The average molecular weight is 386 g/mol. The monoisotopic (exact) mass is 386 g/mol. The molecule has 0 spiro atoms. The van der Waals surface area contributed by atoms with E-state index in [4.69, 9.17) is 18.9 Å². The number of morpholine rings is 1. The Balaban J connectivity index is 1.73. The minimum Gasteiger partial charge on any atom is -0.497 e. The lowest BCUT2D eigenvalue weighted by atomic mass is 10.0. The van der Waals surface area contributed by atoms with E-state index in [0.717, 1.165) is 56.6 Å². The molecule has 6 nitrogen and oxygen atoms in total. The number of benzene rings is 2. The number of ether oxygens (including phenoxy) is 4. The van der Waals surface area contributed by atoms with Crippen LogP contribution in [0.3, 0.4) is 0 Å². The van der Waals surface area contributed by atoms with Gasteiger partial charge in [0.05, 0.1) is 34.5 Å². The third kappa shape index (κ3) is 5.16. The van der Waals surface area contributed by atoms with Crippen molar-refractivity contribution in [1.82, 2.24) is 10.2 Å². The fraction of sp³-hybridized carbons (Fsp3) is 0.455. The lowest BCUT2D eigenvalue weighted by Gasteiger charge is -2.35. The largest absolute Gasteiger partial charge is 0.497 e. The second kappa shape index (κ2) is 10.3. The van der Waals surface area contributed by atoms with Crippen molar-refractivity contribution >= 4 is 0 Å². The molecule has 0 radical (unpaired) electrons. The molecule has 2 aromatic carbocycles. The average Bonchev–Trinajstić information content (AvgIpc) is 2.77. The topological polar surface area (TPSA) is 52.2 Å². The predicted octanol–water partition coefficient (Wildman–Crippen LogP) is 2.88. The van der Waals surface area contributed by atoms with Gasteiger partial charge >= 0.3 is 0 Å². The van der Waals surface area contributed by atoms with Crippen LogP contribution in [0.2, 0.25) is 0 Å². The molecule has 0 saturated carbocycles. The molecular formula is C22H30N2O4. The van der Waals surface area contributed by atoms with Crippen molar-refractivity contribution in [3.63, 3.8) is 0 Å². The van der Waals surface area contributed by atoms with Crippen molar-refractivity contribution in [2.45, 2.75) is 12.6 Å². The van der Waals surface area contributed by atoms with Crippen molar-refractivity contribution in [1.29, 1.82) is 0 Å². The van der Waals surface area contributed by atoms with E-state index in [9.17, 15) is 0 Å². The molecule has 1 fully saturated rings. The van der Waals surface area contributed by atoms with E-state index in [1.165, 1.54) is 11.1 Å². The summed E-state index contributed by atoms with van der Waals surface area (Å²) in [5.74, 6) is 2.38. The molecule has 1 aliphatic rings. The van der Waals surface area contributed by atoms with Crippen LogP contribution in [0.25, 0.3) is 0 Å². The molecule has 0 aliphatic carbocycles. The minimum absolute atomic E-state index is 0.231. The molecule has 3 rings (SSSR count). The Bertz CT molecular complexity index is 747. The van der Waals surface area contributed by atoms with Crippen molar-refractivity contribution in [3.8, 4) is 17.2 Å². The number of rotatable bonds is 9. The summed E-state index contributed by atoms with van der Waals surface area (Å²) < 4.78 is 21.8.